The van der Waals surface area contributed by atoms with Crippen molar-refractivity contribution in [1.82, 2.24) is 25.5 Å². The summed E-state index contributed by atoms with van der Waals surface area (Å²) in [4.78, 5) is 94.5. The van der Waals surface area contributed by atoms with Gasteiger partial charge >= 0.3 is 12.1 Å². The number of alkyl carbamates (subject to hydrolysis) is 1. The van der Waals surface area contributed by atoms with Crippen LogP contribution in [-0.4, -0.2) is 109 Å². The second kappa shape index (κ2) is 25.9. The van der Waals surface area contributed by atoms with Crippen LogP contribution in [0.2, 0.25) is 0 Å². The number of nitrogens with two attached hydrogens (primary N) is 1. The molecule has 17 heteroatoms. The van der Waals surface area contributed by atoms with Gasteiger partial charge in [0.15, 0.2) is 17.4 Å². The number of rotatable bonds is 18. The zero-order chi connectivity index (χ0) is 53.7. The number of aromatic nitrogens is 2. The third kappa shape index (κ3) is 14.9. The fourth-order valence-electron chi connectivity index (χ4n) is 9.51. The molecule has 2 heterocycles. The molecule has 1 aromatic heterocycles. The van der Waals surface area contributed by atoms with Gasteiger partial charge in [-0.2, -0.15) is 0 Å². The zero-order valence-corrected chi connectivity index (χ0v) is 44.5. The number of methoxy groups -OCH3 is 1. The Morgan fingerprint density at radius 3 is 2.16 bits per heavy atom. The number of nitrogens with one attached hydrogen (secondary N) is 2. The van der Waals surface area contributed by atoms with Crippen molar-refractivity contribution in [3.63, 3.8) is 0 Å². The number of hydrogen-bond acceptors (Lipinski definition) is 14. The number of ketones is 2. The summed E-state index contributed by atoms with van der Waals surface area (Å²) >= 11 is 0. The number of carbonyl (C=O) groups is 6. The maximum absolute atomic E-state index is 15.0. The number of amides is 3. The minimum Gasteiger partial charge on any atom is -0.493 e. The molecule has 1 saturated carbocycles. The van der Waals surface area contributed by atoms with E-state index in [1.807, 2.05) is 37.3 Å². The fourth-order valence-corrected chi connectivity index (χ4v) is 9.51. The average molecular weight is 1020 g/mol. The van der Waals surface area contributed by atoms with Gasteiger partial charge in [0, 0.05) is 54.8 Å². The topological polar surface area (TPSA) is 228 Å². The average Bonchev–Trinajstić information content (AvgIpc) is 3.36. The van der Waals surface area contributed by atoms with E-state index in [4.69, 9.17) is 39.4 Å². The first kappa shape index (κ1) is 56.4. The summed E-state index contributed by atoms with van der Waals surface area (Å²) in [5.74, 6) is -2.38. The predicted molar refractivity (Wildman–Crippen MR) is 280 cm³/mol. The van der Waals surface area contributed by atoms with Crippen LogP contribution in [0.4, 0.5) is 4.79 Å². The number of fused-ring (bicyclic) bond motifs is 5. The second-order valence-electron chi connectivity index (χ2n) is 20.3. The Hall–Kier alpha value is -6.88. The van der Waals surface area contributed by atoms with Crippen molar-refractivity contribution in [1.29, 1.82) is 0 Å². The summed E-state index contributed by atoms with van der Waals surface area (Å²) in [5.41, 5.74) is 9.50. The summed E-state index contributed by atoms with van der Waals surface area (Å²) in [5, 5.41) is 5.49. The number of benzene rings is 3. The highest BCUT2D eigenvalue weighted by Crippen LogP contribution is 2.41. The molecule has 6 rings (SSSR count). The molecule has 398 valence electrons. The quantitative estimate of drug-likeness (QED) is 0.0483. The Morgan fingerprint density at radius 2 is 1.53 bits per heavy atom. The largest absolute Gasteiger partial charge is 0.493 e. The number of likely N-dealkylation sites (N-methyl/N-ethyl adjacent to an activating group) is 1. The summed E-state index contributed by atoms with van der Waals surface area (Å²) < 4.78 is 29.3. The lowest BCUT2D eigenvalue weighted by Gasteiger charge is -2.32. The fraction of sp³-hybridized carbons (Fsp3) is 0.509. The molecular weight excluding hydrogens is 945 g/mol. The molecular formula is C57H74N6O11. The van der Waals surface area contributed by atoms with Crippen molar-refractivity contribution < 1.29 is 52.5 Å². The van der Waals surface area contributed by atoms with E-state index in [0.717, 1.165) is 24.2 Å². The third-order valence-electron chi connectivity index (χ3n) is 13.2. The van der Waals surface area contributed by atoms with Crippen molar-refractivity contribution in [2.24, 2.45) is 17.6 Å². The number of carbonyl (C=O) groups excluding carboxylic acids is 6. The van der Waals surface area contributed by atoms with Crippen LogP contribution in [0.1, 0.15) is 131 Å². The Bertz CT molecular complexity index is 2620. The lowest BCUT2D eigenvalue weighted by atomic mass is 9.88. The number of nitrogens with zero attached hydrogens (tertiary/aromatic N) is 3. The maximum atomic E-state index is 15.0. The molecule has 3 amide bonds. The Morgan fingerprint density at radius 1 is 0.878 bits per heavy atom. The van der Waals surface area contributed by atoms with Crippen LogP contribution in [0, 0.1) is 25.7 Å². The van der Waals surface area contributed by atoms with Crippen molar-refractivity contribution in [3.05, 3.63) is 88.7 Å². The van der Waals surface area contributed by atoms with Crippen LogP contribution < -0.4 is 30.6 Å². The number of aryl methyl sites for hydroxylation is 2. The SMILES string of the molecule is CCCOc1ccc2cc1-c1cc(ccc1OCCNC(=O)OC(C)(C)C)C[C@@H](C(=O)OC)NC(=O)[C@H](C)CC(=O)[C@H]2N(C)C(=O)[C@H](CCN)CC(=O)c1c(C)nc(-c2ccc(OC3CCCCC3)cc2)nc1C. The Balaban J connectivity index is 1.34. The van der Waals surface area contributed by atoms with E-state index in [1.165, 1.54) is 38.3 Å². The van der Waals surface area contributed by atoms with Gasteiger partial charge in [0.25, 0.3) is 0 Å². The van der Waals surface area contributed by atoms with Crippen molar-refractivity contribution in [2.45, 2.75) is 136 Å². The molecule has 4 aromatic rings. The van der Waals surface area contributed by atoms with E-state index in [2.05, 4.69) is 10.6 Å². The normalized spacial score (nSPS) is 17.7. The molecule has 1 aliphatic carbocycles. The number of Topliss-reactive ketones (excluding diaryl/α,β-unsaturated/α-hetero) is 2. The molecule has 2 aliphatic rings. The molecule has 0 radical (unpaired) electrons. The molecule has 17 nitrogen and oxygen atoms in total. The van der Waals surface area contributed by atoms with Crippen molar-refractivity contribution in [3.8, 4) is 39.8 Å². The molecule has 4 bridgehead atoms. The molecule has 4 N–H and O–H groups in total. The summed E-state index contributed by atoms with van der Waals surface area (Å²) in [6, 6.07) is 15.8. The van der Waals surface area contributed by atoms with E-state index >= 15 is 0 Å². The van der Waals surface area contributed by atoms with Gasteiger partial charge in [0.2, 0.25) is 11.8 Å². The summed E-state index contributed by atoms with van der Waals surface area (Å²) in [6.45, 7) is 12.9. The molecule has 0 spiro atoms. The zero-order valence-electron chi connectivity index (χ0n) is 44.5. The van der Waals surface area contributed by atoms with Gasteiger partial charge in [-0.1, -0.05) is 32.4 Å². The van der Waals surface area contributed by atoms with E-state index in [9.17, 15) is 28.8 Å². The lowest BCUT2D eigenvalue weighted by Crippen LogP contribution is -2.46. The number of hydrogen-bond donors (Lipinski definition) is 3. The molecule has 1 fully saturated rings. The molecule has 3 aromatic carbocycles. The molecule has 1 aliphatic heterocycles. The van der Waals surface area contributed by atoms with E-state index in [1.54, 1.807) is 71.9 Å². The Labute approximate surface area is 435 Å². The highest BCUT2D eigenvalue weighted by atomic mass is 16.6. The highest BCUT2D eigenvalue weighted by Gasteiger charge is 2.37. The van der Waals surface area contributed by atoms with Crippen molar-refractivity contribution >= 4 is 35.4 Å². The molecule has 74 heavy (non-hydrogen) atoms. The molecule has 0 saturated heterocycles. The van der Waals surface area contributed by atoms with Gasteiger partial charge in [0.1, 0.15) is 41.5 Å². The first-order valence-electron chi connectivity index (χ1n) is 25.8. The minimum atomic E-state index is -1.26. The summed E-state index contributed by atoms with van der Waals surface area (Å²) in [7, 11) is 2.74. The van der Waals surface area contributed by atoms with Gasteiger partial charge in [0.05, 0.1) is 43.3 Å². The van der Waals surface area contributed by atoms with E-state index < -0.39 is 59.2 Å². The van der Waals surface area contributed by atoms with Crippen molar-refractivity contribution in [2.75, 3.05) is 40.5 Å². The molecule has 4 atom stereocenters. The van der Waals surface area contributed by atoms with E-state index in [0.29, 0.717) is 69.6 Å². The van der Waals surface area contributed by atoms with Gasteiger partial charge < -0.3 is 45.0 Å². The van der Waals surface area contributed by atoms with Gasteiger partial charge in [-0.15, -0.1) is 0 Å². The predicted octanol–water partition coefficient (Wildman–Crippen LogP) is 8.38. The standard InChI is InChI=1S/C57H74N6O11/c1-10-27-71-49-23-19-39-32-44(49)43-30-37(16-22-48(43)72-28-26-59-56(69)74-57(5,6)7)31-45(55(68)70-9)62-53(66)34(2)29-47(65)51(39)63(8)54(67)40(24-25-58)33-46(64)50-35(3)60-52(61-36(50)4)38-17-20-42(21-18-38)73-41-14-12-11-13-15-41/h16-23,30,32,34,40-41,45,51H,10-15,24-29,31,33,58H2,1-9H3,(H,59,69)(H,62,66)/t34-,40-,45+,51+/m1/s1. The first-order chi connectivity index (χ1) is 35.3. The number of esters is 1. The van der Waals surface area contributed by atoms with Gasteiger partial charge in [-0.3, -0.25) is 19.2 Å². The van der Waals surface area contributed by atoms with Crippen LogP contribution >= 0.6 is 0 Å². The lowest BCUT2D eigenvalue weighted by molar-refractivity contribution is -0.146. The summed E-state index contributed by atoms with van der Waals surface area (Å²) in [6.07, 6.45) is 5.56. The monoisotopic (exact) mass is 1020 g/mol. The van der Waals surface area contributed by atoms with E-state index in [-0.39, 0.29) is 57.3 Å². The smallest absolute Gasteiger partial charge is 0.407 e. The second-order valence-corrected chi connectivity index (χ2v) is 20.3. The minimum absolute atomic E-state index is 0.0357. The maximum Gasteiger partial charge on any atom is 0.407 e. The first-order valence-corrected chi connectivity index (χ1v) is 25.8. The number of ether oxygens (including phenoxy) is 5. The molecule has 0 unspecified atom stereocenters. The van der Waals surface area contributed by atoms with Crippen LogP contribution in [0.5, 0.6) is 17.2 Å². The van der Waals surface area contributed by atoms with Crippen LogP contribution in [-0.2, 0) is 35.1 Å². The highest BCUT2D eigenvalue weighted by molar-refractivity contribution is 6.01. The third-order valence-corrected chi connectivity index (χ3v) is 13.2. The van der Waals surface area contributed by atoms with Crippen LogP contribution in [0.25, 0.3) is 22.5 Å². The van der Waals surface area contributed by atoms with Crippen LogP contribution in [0.15, 0.2) is 60.7 Å². The Kier molecular flexibility index (Phi) is 19.7. The van der Waals surface area contributed by atoms with Gasteiger partial charge in [-0.25, -0.2) is 19.6 Å². The van der Waals surface area contributed by atoms with Gasteiger partial charge in [-0.05, 0) is 139 Å². The van der Waals surface area contributed by atoms with Crippen LogP contribution in [0.3, 0.4) is 0 Å².